The van der Waals surface area contributed by atoms with Crippen LogP contribution in [0.25, 0.3) is 0 Å². The van der Waals surface area contributed by atoms with E-state index in [0.717, 1.165) is 50.7 Å². The van der Waals surface area contributed by atoms with Crippen LogP contribution in [0.4, 0.5) is 0 Å². The molecule has 1 heterocycles. The van der Waals surface area contributed by atoms with Gasteiger partial charge in [0.1, 0.15) is 5.75 Å². The summed E-state index contributed by atoms with van der Waals surface area (Å²) in [6.45, 7) is 5.90. The second-order valence-electron chi connectivity index (χ2n) is 7.89. The van der Waals surface area contributed by atoms with Gasteiger partial charge in [-0.05, 0) is 43.0 Å². The van der Waals surface area contributed by atoms with Crippen LogP contribution in [0.2, 0.25) is 0 Å². The van der Waals surface area contributed by atoms with Crippen molar-refractivity contribution in [3.8, 4) is 5.75 Å². The van der Waals surface area contributed by atoms with Gasteiger partial charge in [0.05, 0.1) is 7.11 Å². The van der Waals surface area contributed by atoms with Crippen LogP contribution < -0.4 is 15.4 Å². The standard InChI is InChI=1S/C25H34N4O2/c1-3-26-25(27-15-13-21-9-11-23(31-2)12-10-21)28-18-22-17-24(30)29(19-22)16-14-20-7-5-4-6-8-20/h4-12,22H,3,13-19H2,1-2H3,(H2,26,27,28). The number of carbonyl (C=O) groups is 1. The fraction of sp³-hybridized carbons (Fsp3) is 0.440. The maximum atomic E-state index is 12.4. The molecule has 1 aliphatic rings. The van der Waals surface area contributed by atoms with Gasteiger partial charge < -0.3 is 20.3 Å². The van der Waals surface area contributed by atoms with Gasteiger partial charge in [0, 0.05) is 45.1 Å². The molecule has 0 saturated carbocycles. The van der Waals surface area contributed by atoms with E-state index in [1.165, 1.54) is 11.1 Å². The Bertz CT molecular complexity index is 836. The van der Waals surface area contributed by atoms with Crippen molar-refractivity contribution in [1.82, 2.24) is 15.5 Å². The maximum absolute atomic E-state index is 12.4. The molecule has 1 atom stereocenters. The summed E-state index contributed by atoms with van der Waals surface area (Å²) < 4.78 is 5.21. The third-order valence-electron chi connectivity index (χ3n) is 5.52. The number of amides is 1. The lowest BCUT2D eigenvalue weighted by Gasteiger charge is -2.16. The van der Waals surface area contributed by atoms with Crippen molar-refractivity contribution in [2.24, 2.45) is 10.9 Å². The first kappa shape index (κ1) is 22.7. The van der Waals surface area contributed by atoms with Crippen LogP contribution >= 0.6 is 0 Å². The number of hydrogen-bond acceptors (Lipinski definition) is 3. The highest BCUT2D eigenvalue weighted by molar-refractivity contribution is 5.80. The summed E-state index contributed by atoms with van der Waals surface area (Å²) in [5.41, 5.74) is 2.52. The minimum absolute atomic E-state index is 0.244. The van der Waals surface area contributed by atoms with Crippen LogP contribution in [0.3, 0.4) is 0 Å². The summed E-state index contributed by atoms with van der Waals surface area (Å²) in [7, 11) is 1.68. The minimum atomic E-state index is 0.244. The summed E-state index contributed by atoms with van der Waals surface area (Å²) in [5.74, 6) is 2.20. The Kier molecular flexibility index (Phi) is 8.76. The van der Waals surface area contributed by atoms with E-state index < -0.39 is 0 Å². The van der Waals surface area contributed by atoms with Gasteiger partial charge in [0.2, 0.25) is 5.91 Å². The van der Waals surface area contributed by atoms with Crippen molar-refractivity contribution in [1.29, 1.82) is 0 Å². The summed E-state index contributed by atoms with van der Waals surface area (Å²) >= 11 is 0. The number of benzene rings is 2. The Morgan fingerprint density at radius 3 is 2.52 bits per heavy atom. The molecular weight excluding hydrogens is 388 g/mol. The number of likely N-dealkylation sites (tertiary alicyclic amines) is 1. The molecule has 3 rings (SSSR count). The lowest BCUT2D eigenvalue weighted by atomic mass is 10.1. The van der Waals surface area contributed by atoms with Crippen molar-refractivity contribution in [2.75, 3.05) is 39.8 Å². The van der Waals surface area contributed by atoms with Gasteiger partial charge in [0.15, 0.2) is 5.96 Å². The third-order valence-corrected chi connectivity index (χ3v) is 5.52. The Morgan fingerprint density at radius 1 is 1.06 bits per heavy atom. The molecule has 0 bridgehead atoms. The first-order valence-electron chi connectivity index (χ1n) is 11.1. The van der Waals surface area contributed by atoms with Crippen molar-refractivity contribution >= 4 is 11.9 Å². The van der Waals surface area contributed by atoms with E-state index in [2.05, 4.69) is 41.8 Å². The predicted octanol–water partition coefficient (Wildman–Crippen LogP) is 2.88. The van der Waals surface area contributed by atoms with Crippen molar-refractivity contribution in [3.63, 3.8) is 0 Å². The van der Waals surface area contributed by atoms with Gasteiger partial charge in [0.25, 0.3) is 0 Å². The lowest BCUT2D eigenvalue weighted by Crippen LogP contribution is -2.38. The molecule has 1 saturated heterocycles. The third kappa shape index (κ3) is 7.31. The van der Waals surface area contributed by atoms with E-state index in [0.29, 0.717) is 13.0 Å². The highest BCUT2D eigenvalue weighted by atomic mass is 16.5. The van der Waals surface area contributed by atoms with Crippen molar-refractivity contribution < 1.29 is 9.53 Å². The van der Waals surface area contributed by atoms with Gasteiger partial charge in [-0.1, -0.05) is 42.5 Å². The molecule has 1 unspecified atom stereocenters. The predicted molar refractivity (Wildman–Crippen MR) is 126 cm³/mol. The lowest BCUT2D eigenvalue weighted by molar-refractivity contribution is -0.127. The monoisotopic (exact) mass is 422 g/mol. The van der Waals surface area contributed by atoms with E-state index in [1.54, 1.807) is 7.11 Å². The first-order valence-corrected chi connectivity index (χ1v) is 11.1. The van der Waals surface area contributed by atoms with Crippen LogP contribution in [-0.4, -0.2) is 56.6 Å². The van der Waals surface area contributed by atoms with Gasteiger partial charge in [-0.2, -0.15) is 0 Å². The van der Waals surface area contributed by atoms with Crippen LogP contribution in [0.5, 0.6) is 5.75 Å². The summed E-state index contributed by atoms with van der Waals surface area (Å²) in [4.78, 5) is 19.1. The molecule has 1 fully saturated rings. The smallest absolute Gasteiger partial charge is 0.223 e. The number of nitrogens with one attached hydrogen (secondary N) is 2. The Labute approximate surface area is 185 Å². The van der Waals surface area contributed by atoms with Crippen LogP contribution in [0.15, 0.2) is 59.6 Å². The van der Waals surface area contributed by atoms with Crippen LogP contribution in [0.1, 0.15) is 24.5 Å². The van der Waals surface area contributed by atoms with Gasteiger partial charge >= 0.3 is 0 Å². The molecule has 2 N–H and O–H groups in total. The zero-order chi connectivity index (χ0) is 21.9. The number of carbonyl (C=O) groups excluding carboxylic acids is 1. The minimum Gasteiger partial charge on any atom is -0.497 e. The molecule has 0 aromatic heterocycles. The molecule has 2 aromatic rings. The molecule has 1 amide bonds. The van der Waals surface area contributed by atoms with E-state index in [4.69, 9.17) is 9.73 Å². The largest absolute Gasteiger partial charge is 0.497 e. The first-order chi connectivity index (χ1) is 15.2. The second kappa shape index (κ2) is 12.0. The molecule has 31 heavy (non-hydrogen) atoms. The number of ether oxygens (including phenoxy) is 1. The fourth-order valence-electron chi connectivity index (χ4n) is 3.78. The fourth-order valence-corrected chi connectivity index (χ4v) is 3.78. The van der Waals surface area contributed by atoms with E-state index >= 15 is 0 Å². The van der Waals surface area contributed by atoms with Crippen LogP contribution in [0, 0.1) is 5.92 Å². The molecule has 166 valence electrons. The maximum Gasteiger partial charge on any atom is 0.223 e. The van der Waals surface area contributed by atoms with Gasteiger partial charge in [-0.15, -0.1) is 0 Å². The van der Waals surface area contributed by atoms with E-state index in [1.807, 2.05) is 35.2 Å². The average molecular weight is 423 g/mol. The number of aliphatic imine (C=N–C) groups is 1. The molecule has 1 aliphatic heterocycles. The zero-order valence-corrected chi connectivity index (χ0v) is 18.6. The van der Waals surface area contributed by atoms with Gasteiger partial charge in [-0.3, -0.25) is 9.79 Å². The summed E-state index contributed by atoms with van der Waals surface area (Å²) in [6, 6.07) is 18.5. The molecule has 6 heteroatoms. The number of nitrogens with zero attached hydrogens (tertiary/aromatic N) is 2. The molecule has 6 nitrogen and oxygen atoms in total. The quantitative estimate of drug-likeness (QED) is 0.456. The van der Waals surface area contributed by atoms with Gasteiger partial charge in [-0.25, -0.2) is 0 Å². The number of rotatable bonds is 10. The molecule has 2 aromatic carbocycles. The topological polar surface area (TPSA) is 66.0 Å². The van der Waals surface area contributed by atoms with Crippen molar-refractivity contribution in [2.45, 2.75) is 26.2 Å². The van der Waals surface area contributed by atoms with E-state index in [-0.39, 0.29) is 11.8 Å². The molecule has 0 aliphatic carbocycles. The number of guanidine groups is 1. The van der Waals surface area contributed by atoms with E-state index in [9.17, 15) is 4.79 Å². The molecule has 0 radical (unpaired) electrons. The SMILES string of the molecule is CCNC(=NCC1CC(=O)N(CCc2ccccc2)C1)NCCc1ccc(OC)cc1. The van der Waals surface area contributed by atoms with Crippen molar-refractivity contribution in [3.05, 3.63) is 65.7 Å². The second-order valence-corrected chi connectivity index (χ2v) is 7.89. The molecule has 0 spiro atoms. The normalized spacial score (nSPS) is 16.5. The van der Waals surface area contributed by atoms with Crippen LogP contribution in [-0.2, 0) is 17.6 Å². The summed E-state index contributed by atoms with van der Waals surface area (Å²) in [6.07, 6.45) is 2.39. The highest BCUT2D eigenvalue weighted by Crippen LogP contribution is 2.18. The Balaban J connectivity index is 1.44. The number of methoxy groups -OCH3 is 1. The Morgan fingerprint density at radius 2 is 1.81 bits per heavy atom. The highest BCUT2D eigenvalue weighted by Gasteiger charge is 2.28. The zero-order valence-electron chi connectivity index (χ0n) is 18.6. The Hall–Kier alpha value is -3.02. The number of hydrogen-bond donors (Lipinski definition) is 2. The summed E-state index contributed by atoms with van der Waals surface area (Å²) in [5, 5.41) is 6.70. The average Bonchev–Trinajstić information content (AvgIpc) is 3.16. The molecular formula is C25H34N4O2.